The minimum Gasteiger partial charge on any atom is -0.508 e. The highest BCUT2D eigenvalue weighted by Gasteiger charge is 2.09. The number of aliphatic hydroxyl groups excluding tert-OH is 2. The van der Waals surface area contributed by atoms with Crippen LogP contribution in [-0.4, -0.2) is 48.2 Å². The van der Waals surface area contributed by atoms with Crippen molar-refractivity contribution in [2.45, 2.75) is 45.0 Å². The molecule has 2 aromatic rings. The second-order valence-electron chi connectivity index (χ2n) is 7.58. The summed E-state index contributed by atoms with van der Waals surface area (Å²) in [6, 6.07) is 10.1. The van der Waals surface area contributed by atoms with E-state index in [9.17, 15) is 15.3 Å². The van der Waals surface area contributed by atoms with Crippen LogP contribution in [0.1, 0.15) is 48.5 Å². The summed E-state index contributed by atoms with van der Waals surface area (Å²) in [5.74, 6) is 0.0377. The van der Waals surface area contributed by atoms with Crippen molar-refractivity contribution in [1.29, 1.82) is 0 Å². The lowest BCUT2D eigenvalue weighted by atomic mass is 10.1. The Labute approximate surface area is 200 Å². The Morgan fingerprint density at radius 2 is 1.66 bits per heavy atom. The monoisotopic (exact) mass is 485 g/mol. The van der Waals surface area contributed by atoms with Crippen LogP contribution in [0.5, 0.6) is 5.75 Å². The standard InChI is InChI=1S/C24H33Cl2NO5/c25-21-7-5-19(22(26)14-21)17-32-12-11-31-10-4-2-1-3-9-27-15-24(30)18-6-8-23(29)20(13-18)16-28/h5-8,13-14,24,27-30H,1-4,9-12,15-17H2/t24-/m0/s1. The lowest BCUT2D eigenvalue weighted by Gasteiger charge is -2.14. The first kappa shape index (κ1) is 26.9. The Kier molecular flexibility index (Phi) is 13.0. The zero-order valence-electron chi connectivity index (χ0n) is 18.2. The van der Waals surface area contributed by atoms with E-state index in [1.54, 1.807) is 24.3 Å². The van der Waals surface area contributed by atoms with Crippen molar-refractivity contribution in [2.75, 3.05) is 32.9 Å². The van der Waals surface area contributed by atoms with Gasteiger partial charge in [0.15, 0.2) is 0 Å². The van der Waals surface area contributed by atoms with Crippen LogP contribution in [0.25, 0.3) is 0 Å². The normalized spacial score (nSPS) is 12.2. The molecule has 0 aromatic heterocycles. The maximum atomic E-state index is 10.2. The summed E-state index contributed by atoms with van der Waals surface area (Å²) in [5, 5.41) is 33.5. The maximum Gasteiger partial charge on any atom is 0.121 e. The van der Waals surface area contributed by atoms with Crippen LogP contribution < -0.4 is 5.32 Å². The van der Waals surface area contributed by atoms with Gasteiger partial charge in [-0.1, -0.05) is 48.2 Å². The van der Waals surface area contributed by atoms with E-state index < -0.39 is 6.10 Å². The Bertz CT molecular complexity index is 806. The number of unbranched alkanes of at least 4 members (excludes halogenated alkanes) is 3. The van der Waals surface area contributed by atoms with Crippen molar-refractivity contribution in [1.82, 2.24) is 5.32 Å². The third kappa shape index (κ3) is 10.0. The zero-order valence-corrected chi connectivity index (χ0v) is 19.7. The number of aromatic hydroxyl groups is 1. The van der Waals surface area contributed by atoms with Crippen LogP contribution >= 0.6 is 23.2 Å². The van der Waals surface area contributed by atoms with E-state index in [0.717, 1.165) is 37.8 Å². The highest BCUT2D eigenvalue weighted by molar-refractivity contribution is 6.35. The molecule has 0 saturated carbocycles. The predicted molar refractivity (Wildman–Crippen MR) is 127 cm³/mol. The van der Waals surface area contributed by atoms with Gasteiger partial charge in [-0.3, -0.25) is 0 Å². The fourth-order valence-electron chi connectivity index (χ4n) is 3.14. The topological polar surface area (TPSA) is 91.2 Å². The van der Waals surface area contributed by atoms with Crippen LogP contribution in [-0.2, 0) is 22.7 Å². The molecule has 0 amide bonds. The fourth-order valence-corrected chi connectivity index (χ4v) is 3.61. The maximum absolute atomic E-state index is 10.2. The molecule has 0 unspecified atom stereocenters. The highest BCUT2D eigenvalue weighted by Crippen LogP contribution is 2.22. The van der Waals surface area contributed by atoms with Crippen LogP contribution in [0.3, 0.4) is 0 Å². The second-order valence-corrected chi connectivity index (χ2v) is 8.42. The molecule has 2 aromatic carbocycles. The van der Waals surface area contributed by atoms with Gasteiger partial charge >= 0.3 is 0 Å². The lowest BCUT2D eigenvalue weighted by molar-refractivity contribution is 0.0393. The van der Waals surface area contributed by atoms with E-state index in [1.165, 1.54) is 6.07 Å². The summed E-state index contributed by atoms with van der Waals surface area (Å²) in [4.78, 5) is 0. The van der Waals surface area contributed by atoms with E-state index in [1.807, 2.05) is 6.07 Å². The third-order valence-electron chi connectivity index (χ3n) is 5.03. The summed E-state index contributed by atoms with van der Waals surface area (Å²) in [5.41, 5.74) is 2.01. The molecule has 0 aliphatic heterocycles. The van der Waals surface area contributed by atoms with E-state index in [4.69, 9.17) is 32.7 Å². The number of rotatable bonds is 16. The Morgan fingerprint density at radius 1 is 0.875 bits per heavy atom. The smallest absolute Gasteiger partial charge is 0.121 e. The molecule has 4 N–H and O–H groups in total. The van der Waals surface area contributed by atoms with E-state index in [0.29, 0.717) is 54.1 Å². The number of phenols is 1. The summed E-state index contributed by atoms with van der Waals surface area (Å²) in [7, 11) is 0. The van der Waals surface area contributed by atoms with Gasteiger partial charge in [0, 0.05) is 28.8 Å². The van der Waals surface area contributed by atoms with Gasteiger partial charge in [0.1, 0.15) is 5.75 Å². The van der Waals surface area contributed by atoms with Crippen molar-refractivity contribution < 1.29 is 24.8 Å². The summed E-state index contributed by atoms with van der Waals surface area (Å²) in [6.45, 7) is 3.23. The second kappa shape index (κ2) is 15.5. The number of aliphatic hydroxyl groups is 2. The molecular formula is C24H33Cl2NO5. The largest absolute Gasteiger partial charge is 0.508 e. The number of halogens is 2. The van der Waals surface area contributed by atoms with Gasteiger partial charge in [0.25, 0.3) is 0 Å². The van der Waals surface area contributed by atoms with E-state index in [-0.39, 0.29) is 12.4 Å². The average Bonchev–Trinajstić information content (AvgIpc) is 2.78. The number of benzene rings is 2. The van der Waals surface area contributed by atoms with Crippen LogP contribution in [0.2, 0.25) is 10.0 Å². The third-order valence-corrected chi connectivity index (χ3v) is 5.62. The quantitative estimate of drug-likeness (QED) is 0.259. The average molecular weight is 486 g/mol. The lowest BCUT2D eigenvalue weighted by Crippen LogP contribution is -2.22. The van der Waals surface area contributed by atoms with Gasteiger partial charge in [-0.25, -0.2) is 0 Å². The molecule has 0 radical (unpaired) electrons. The SMILES string of the molecule is OCc1cc([C@@H](O)CNCCCCCCOCCOCc2ccc(Cl)cc2Cl)ccc1O. The van der Waals surface area contributed by atoms with Crippen molar-refractivity contribution in [3.63, 3.8) is 0 Å². The van der Waals surface area contributed by atoms with Gasteiger partial charge < -0.3 is 30.1 Å². The van der Waals surface area contributed by atoms with Crippen molar-refractivity contribution >= 4 is 23.2 Å². The number of ether oxygens (including phenoxy) is 2. The Hall–Kier alpha value is -1.38. The molecule has 1 atom stereocenters. The summed E-state index contributed by atoms with van der Waals surface area (Å²) in [6.07, 6.45) is 3.53. The molecule has 6 nitrogen and oxygen atoms in total. The zero-order chi connectivity index (χ0) is 23.2. The first-order valence-corrected chi connectivity index (χ1v) is 11.7. The molecule has 0 bridgehead atoms. The number of hydrogen-bond acceptors (Lipinski definition) is 6. The Morgan fingerprint density at radius 3 is 2.44 bits per heavy atom. The summed E-state index contributed by atoms with van der Waals surface area (Å²) < 4.78 is 11.2. The van der Waals surface area contributed by atoms with E-state index >= 15 is 0 Å². The van der Waals surface area contributed by atoms with Gasteiger partial charge in [0.2, 0.25) is 0 Å². The van der Waals surface area contributed by atoms with Gasteiger partial charge in [-0.05, 0) is 54.8 Å². The van der Waals surface area contributed by atoms with Gasteiger partial charge in [0.05, 0.1) is 32.5 Å². The molecule has 8 heteroatoms. The molecule has 0 spiro atoms. The molecule has 178 valence electrons. The summed E-state index contributed by atoms with van der Waals surface area (Å²) >= 11 is 12.0. The molecule has 0 saturated heterocycles. The highest BCUT2D eigenvalue weighted by atomic mass is 35.5. The van der Waals surface area contributed by atoms with Crippen LogP contribution in [0.15, 0.2) is 36.4 Å². The van der Waals surface area contributed by atoms with Crippen molar-refractivity contribution in [2.24, 2.45) is 0 Å². The van der Waals surface area contributed by atoms with E-state index in [2.05, 4.69) is 5.32 Å². The molecule has 0 fully saturated rings. The van der Waals surface area contributed by atoms with Gasteiger partial charge in [-0.15, -0.1) is 0 Å². The minimum atomic E-state index is -0.674. The number of hydrogen-bond donors (Lipinski definition) is 4. The predicted octanol–water partition coefficient (Wildman–Crippen LogP) is 4.61. The minimum absolute atomic E-state index is 0.0377. The Balaban J connectivity index is 1.41. The van der Waals surface area contributed by atoms with Crippen LogP contribution in [0, 0.1) is 0 Å². The molecule has 32 heavy (non-hydrogen) atoms. The van der Waals surface area contributed by atoms with Crippen molar-refractivity contribution in [3.8, 4) is 5.75 Å². The van der Waals surface area contributed by atoms with Crippen molar-refractivity contribution in [3.05, 3.63) is 63.1 Å². The van der Waals surface area contributed by atoms with Crippen LogP contribution in [0.4, 0.5) is 0 Å². The first-order chi connectivity index (χ1) is 15.5. The fraction of sp³-hybridized carbons (Fsp3) is 0.500. The number of nitrogens with one attached hydrogen (secondary N) is 1. The molecule has 2 rings (SSSR count). The molecular weight excluding hydrogens is 453 g/mol. The molecule has 0 aliphatic rings. The first-order valence-electron chi connectivity index (χ1n) is 10.9. The molecule has 0 heterocycles. The van der Waals surface area contributed by atoms with Gasteiger partial charge in [-0.2, -0.15) is 0 Å². The molecule has 0 aliphatic carbocycles.